The number of amides is 1. The third-order valence-corrected chi connectivity index (χ3v) is 7.60. The minimum atomic E-state index is -5.85. The van der Waals surface area contributed by atoms with Crippen molar-refractivity contribution in [2.45, 2.75) is 50.0 Å². The third-order valence-electron chi connectivity index (χ3n) is 6.58. The number of hydrogen-bond acceptors (Lipinski definition) is 7. The second-order valence-corrected chi connectivity index (χ2v) is 10.3. The van der Waals surface area contributed by atoms with Crippen molar-refractivity contribution in [3.8, 4) is 0 Å². The van der Waals surface area contributed by atoms with Gasteiger partial charge in [0.05, 0.1) is 6.04 Å². The molecule has 188 valence electrons. The lowest BCUT2D eigenvalue weighted by atomic mass is 9.96. The van der Waals surface area contributed by atoms with Gasteiger partial charge in [-0.25, -0.2) is 8.98 Å². The molecule has 34 heavy (non-hydrogen) atoms. The number of rotatable bonds is 5. The summed E-state index contributed by atoms with van der Waals surface area (Å²) in [5.41, 5.74) is -3.92. The van der Waals surface area contributed by atoms with Crippen LogP contribution in [0.15, 0.2) is 35.4 Å². The van der Waals surface area contributed by atoms with E-state index in [4.69, 9.17) is 4.18 Å². The second kappa shape index (κ2) is 9.70. The third kappa shape index (κ3) is 5.31. The molecular weight excluding hydrogens is 477 g/mol. The number of carboxylic acid groups (broad SMARTS) is 1. The van der Waals surface area contributed by atoms with Crippen molar-refractivity contribution in [1.29, 1.82) is 0 Å². The summed E-state index contributed by atoms with van der Waals surface area (Å²) >= 11 is 0. The van der Waals surface area contributed by atoms with Gasteiger partial charge < -0.3 is 10.0 Å². The Kier molecular flexibility index (Phi) is 7.06. The van der Waals surface area contributed by atoms with Gasteiger partial charge in [-0.2, -0.15) is 26.7 Å². The van der Waals surface area contributed by atoms with E-state index in [9.17, 15) is 31.5 Å². The molecule has 4 rings (SSSR count). The summed E-state index contributed by atoms with van der Waals surface area (Å²) < 4.78 is 67.9. The van der Waals surface area contributed by atoms with Gasteiger partial charge in [0.1, 0.15) is 0 Å². The summed E-state index contributed by atoms with van der Waals surface area (Å²) in [4.78, 5) is 14.7. The molecule has 0 bridgehead atoms. The van der Waals surface area contributed by atoms with Crippen LogP contribution < -0.4 is 0 Å². The quantitative estimate of drug-likeness (QED) is 0.486. The number of halogens is 3. The first-order chi connectivity index (χ1) is 16.0. The highest BCUT2D eigenvalue weighted by molar-refractivity contribution is 7.87. The summed E-state index contributed by atoms with van der Waals surface area (Å²) in [6.45, 7) is 2.31. The number of benzene rings is 1. The Morgan fingerprint density at radius 1 is 1.09 bits per heavy atom. The highest BCUT2D eigenvalue weighted by Crippen LogP contribution is 2.37. The topological polar surface area (TPSA) is 103 Å². The molecule has 13 heteroatoms. The van der Waals surface area contributed by atoms with Gasteiger partial charge in [0.25, 0.3) is 0 Å². The lowest BCUT2D eigenvalue weighted by Gasteiger charge is -2.39. The van der Waals surface area contributed by atoms with E-state index < -0.39 is 33.9 Å². The predicted molar refractivity (Wildman–Crippen MR) is 116 cm³/mol. The molecule has 0 saturated carbocycles. The number of alkyl halides is 3. The molecule has 0 radical (unpaired) electrons. The van der Waals surface area contributed by atoms with Crippen LogP contribution in [0.2, 0.25) is 0 Å². The SMILES string of the molecule is O=C(O)N1CCC2=NN(C3CCN(Cc4ccccc4)CC3)C(OS(=O)(=O)C(F)(F)F)C2CC1. The maximum absolute atomic E-state index is 13.1. The molecule has 3 aliphatic heterocycles. The fourth-order valence-corrected chi connectivity index (χ4v) is 5.38. The van der Waals surface area contributed by atoms with Crippen molar-refractivity contribution < 1.29 is 35.7 Å². The monoisotopic (exact) mass is 504 g/mol. The Morgan fingerprint density at radius 3 is 2.38 bits per heavy atom. The summed E-state index contributed by atoms with van der Waals surface area (Å²) in [5.74, 6) is -0.733. The number of hydrazone groups is 1. The Bertz CT molecular complexity index is 1010. The van der Waals surface area contributed by atoms with Crippen molar-refractivity contribution in [2.75, 3.05) is 26.2 Å². The van der Waals surface area contributed by atoms with E-state index in [1.807, 2.05) is 30.3 Å². The summed E-state index contributed by atoms with van der Waals surface area (Å²) in [7, 11) is -5.85. The average Bonchev–Trinajstić information content (AvgIpc) is 2.96. The molecule has 2 atom stereocenters. The normalized spacial score (nSPS) is 25.1. The number of nitrogens with zero attached hydrogens (tertiary/aromatic N) is 4. The maximum Gasteiger partial charge on any atom is 0.523 e. The van der Waals surface area contributed by atoms with Gasteiger partial charge in [0.15, 0.2) is 6.23 Å². The lowest BCUT2D eigenvalue weighted by molar-refractivity contribution is -0.0776. The molecular formula is C21H27F3N4O5S. The van der Waals surface area contributed by atoms with Gasteiger partial charge >= 0.3 is 21.7 Å². The van der Waals surface area contributed by atoms with Crippen molar-refractivity contribution in [3.05, 3.63) is 35.9 Å². The first-order valence-electron chi connectivity index (χ1n) is 11.1. The number of likely N-dealkylation sites (tertiary alicyclic amines) is 2. The van der Waals surface area contributed by atoms with Crippen LogP contribution in [-0.2, 0) is 20.8 Å². The van der Waals surface area contributed by atoms with Crippen LogP contribution in [0.4, 0.5) is 18.0 Å². The van der Waals surface area contributed by atoms with E-state index in [-0.39, 0.29) is 32.0 Å². The highest BCUT2D eigenvalue weighted by atomic mass is 32.2. The fourth-order valence-electron chi connectivity index (χ4n) is 4.79. The van der Waals surface area contributed by atoms with E-state index in [2.05, 4.69) is 10.0 Å². The molecule has 0 aliphatic carbocycles. The van der Waals surface area contributed by atoms with Crippen molar-refractivity contribution in [3.63, 3.8) is 0 Å². The zero-order chi connectivity index (χ0) is 24.5. The molecule has 2 fully saturated rings. The van der Waals surface area contributed by atoms with Crippen LogP contribution in [-0.4, -0.2) is 84.1 Å². The van der Waals surface area contributed by atoms with Crippen LogP contribution in [0.3, 0.4) is 0 Å². The number of piperidine rings is 1. The summed E-state index contributed by atoms with van der Waals surface area (Å²) in [6, 6.07) is 9.63. The zero-order valence-corrected chi connectivity index (χ0v) is 19.2. The van der Waals surface area contributed by atoms with Crippen molar-refractivity contribution in [2.24, 2.45) is 11.0 Å². The Labute approximate surface area is 195 Å². The van der Waals surface area contributed by atoms with Gasteiger partial charge in [-0.1, -0.05) is 30.3 Å². The minimum Gasteiger partial charge on any atom is -0.465 e. The number of fused-ring (bicyclic) bond motifs is 1. The van der Waals surface area contributed by atoms with E-state index in [0.717, 1.165) is 17.0 Å². The van der Waals surface area contributed by atoms with E-state index >= 15 is 0 Å². The Balaban J connectivity index is 1.50. The first-order valence-corrected chi connectivity index (χ1v) is 12.6. The molecule has 1 amide bonds. The lowest BCUT2D eigenvalue weighted by Crippen LogP contribution is -2.49. The van der Waals surface area contributed by atoms with Gasteiger partial charge in [-0.3, -0.25) is 9.91 Å². The van der Waals surface area contributed by atoms with Crippen LogP contribution in [0.25, 0.3) is 0 Å². The predicted octanol–water partition coefficient (Wildman–Crippen LogP) is 2.90. The van der Waals surface area contributed by atoms with Crippen molar-refractivity contribution in [1.82, 2.24) is 14.8 Å². The van der Waals surface area contributed by atoms with Gasteiger partial charge in [0.2, 0.25) is 0 Å². The van der Waals surface area contributed by atoms with E-state index in [1.165, 1.54) is 5.01 Å². The standard InChI is InChI=1S/C21H27F3N4O5S/c22-21(23,24)34(31,32)33-19-17-8-12-27(20(29)30)13-9-18(17)25-28(19)16-6-10-26(11-7-16)14-15-4-2-1-3-5-15/h1-5,16-17,19H,6-14H2,(H,29,30). The van der Waals surface area contributed by atoms with Crippen LogP contribution >= 0.6 is 0 Å². The largest absolute Gasteiger partial charge is 0.523 e. The molecule has 9 nitrogen and oxygen atoms in total. The number of carbonyl (C=O) groups is 1. The summed E-state index contributed by atoms with van der Waals surface area (Å²) in [5, 5.41) is 15.2. The van der Waals surface area contributed by atoms with E-state index in [1.54, 1.807) is 0 Å². The van der Waals surface area contributed by atoms with Crippen molar-refractivity contribution >= 4 is 21.9 Å². The minimum absolute atomic E-state index is 0.0638. The van der Waals surface area contributed by atoms with E-state index in [0.29, 0.717) is 31.6 Å². The average molecular weight is 505 g/mol. The molecule has 0 spiro atoms. The molecule has 2 saturated heterocycles. The zero-order valence-electron chi connectivity index (χ0n) is 18.4. The first kappa shape index (κ1) is 24.7. The van der Waals surface area contributed by atoms with Gasteiger partial charge in [-0.15, -0.1) is 0 Å². The molecule has 1 aromatic carbocycles. The molecule has 3 aliphatic rings. The van der Waals surface area contributed by atoms with Crippen LogP contribution in [0, 0.1) is 5.92 Å². The number of hydrogen-bond donors (Lipinski definition) is 1. The molecule has 1 N–H and O–H groups in total. The molecule has 2 unspecified atom stereocenters. The van der Waals surface area contributed by atoms with Gasteiger partial charge in [0, 0.05) is 50.8 Å². The van der Waals surface area contributed by atoms with Crippen LogP contribution in [0.1, 0.15) is 31.2 Å². The van der Waals surface area contributed by atoms with Gasteiger partial charge in [-0.05, 0) is 24.8 Å². The maximum atomic E-state index is 13.1. The second-order valence-electron chi connectivity index (χ2n) is 8.77. The van der Waals surface area contributed by atoms with Crippen LogP contribution in [0.5, 0.6) is 0 Å². The molecule has 1 aromatic rings. The highest BCUT2D eigenvalue weighted by Gasteiger charge is 2.53. The smallest absolute Gasteiger partial charge is 0.465 e. The summed E-state index contributed by atoms with van der Waals surface area (Å²) in [6.07, 6.45) is -1.06. The Hall–Kier alpha value is -2.38. The fraction of sp³-hybridized carbons (Fsp3) is 0.619. The Morgan fingerprint density at radius 2 is 1.76 bits per heavy atom. The molecule has 0 aromatic heterocycles. The molecule has 3 heterocycles.